The second-order valence-corrected chi connectivity index (χ2v) is 7.98. The Labute approximate surface area is 167 Å². The summed E-state index contributed by atoms with van der Waals surface area (Å²) >= 11 is 1.64. The molecule has 1 amide bonds. The highest BCUT2D eigenvalue weighted by molar-refractivity contribution is 7.18. The van der Waals surface area contributed by atoms with Crippen LogP contribution in [0.2, 0.25) is 0 Å². The molecule has 0 fully saturated rings. The summed E-state index contributed by atoms with van der Waals surface area (Å²) in [4.78, 5) is 31.6. The van der Waals surface area contributed by atoms with E-state index in [-0.39, 0.29) is 17.9 Å². The summed E-state index contributed by atoms with van der Waals surface area (Å²) in [7, 11) is 0. The van der Waals surface area contributed by atoms with Crippen molar-refractivity contribution < 1.29 is 9.53 Å². The van der Waals surface area contributed by atoms with Crippen LogP contribution < -0.4 is 15.6 Å². The van der Waals surface area contributed by atoms with E-state index in [4.69, 9.17) is 4.74 Å². The number of carbonyl (C=O) groups is 1. The van der Waals surface area contributed by atoms with E-state index >= 15 is 0 Å². The molecule has 6 nitrogen and oxygen atoms in total. The van der Waals surface area contributed by atoms with Gasteiger partial charge in [-0.2, -0.15) is 0 Å². The molecule has 146 valence electrons. The van der Waals surface area contributed by atoms with Gasteiger partial charge in [-0.05, 0) is 43.4 Å². The molecule has 1 aliphatic rings. The fraction of sp³-hybridized carbons (Fsp3) is 0.381. The largest absolute Gasteiger partial charge is 0.492 e. The number of hydrogen-bond donors (Lipinski definition) is 1. The van der Waals surface area contributed by atoms with E-state index in [1.165, 1.54) is 16.9 Å². The molecule has 1 aromatic carbocycles. The lowest BCUT2D eigenvalue weighted by Crippen LogP contribution is -2.30. The second-order valence-electron chi connectivity index (χ2n) is 6.90. The third-order valence-electron chi connectivity index (χ3n) is 4.96. The SMILES string of the molecule is O=C(CCn1cnc2sc3c(c2c1=O)CCCC3)NCCOc1ccccc1. The Hall–Kier alpha value is -2.67. The number of para-hydroxylation sites is 1. The number of aromatic nitrogens is 2. The summed E-state index contributed by atoms with van der Waals surface area (Å²) in [5, 5.41) is 3.59. The van der Waals surface area contributed by atoms with Gasteiger partial charge in [-0.1, -0.05) is 18.2 Å². The summed E-state index contributed by atoms with van der Waals surface area (Å²) in [6.45, 7) is 1.17. The van der Waals surface area contributed by atoms with Gasteiger partial charge in [0.1, 0.15) is 17.2 Å². The normalized spacial score (nSPS) is 13.3. The van der Waals surface area contributed by atoms with E-state index in [1.54, 1.807) is 22.2 Å². The molecule has 1 aliphatic carbocycles. The third kappa shape index (κ3) is 4.09. The topological polar surface area (TPSA) is 73.2 Å². The molecular formula is C21H23N3O3S. The molecule has 28 heavy (non-hydrogen) atoms. The van der Waals surface area contributed by atoms with Crippen molar-refractivity contribution in [2.24, 2.45) is 0 Å². The van der Waals surface area contributed by atoms with Crippen LogP contribution in [0.1, 0.15) is 29.7 Å². The number of nitrogens with zero attached hydrogens (tertiary/aromatic N) is 2. The zero-order chi connectivity index (χ0) is 19.3. The number of thiophene rings is 1. The van der Waals surface area contributed by atoms with E-state index in [0.29, 0.717) is 19.7 Å². The van der Waals surface area contributed by atoms with Crippen LogP contribution in [0, 0.1) is 0 Å². The Bertz CT molecular complexity index is 1030. The molecule has 2 aromatic heterocycles. The maximum Gasteiger partial charge on any atom is 0.262 e. The van der Waals surface area contributed by atoms with Gasteiger partial charge in [0.2, 0.25) is 5.91 Å². The molecule has 0 radical (unpaired) electrons. The highest BCUT2D eigenvalue weighted by Crippen LogP contribution is 2.33. The molecule has 2 heterocycles. The van der Waals surface area contributed by atoms with Gasteiger partial charge >= 0.3 is 0 Å². The number of aryl methyl sites for hydroxylation is 3. The Kier molecular flexibility index (Phi) is 5.71. The predicted molar refractivity (Wildman–Crippen MR) is 110 cm³/mol. The molecular weight excluding hydrogens is 374 g/mol. The summed E-state index contributed by atoms with van der Waals surface area (Å²) in [6.07, 6.45) is 6.12. The fourth-order valence-corrected chi connectivity index (χ4v) is 4.75. The maximum absolute atomic E-state index is 12.9. The minimum absolute atomic E-state index is 0.0235. The van der Waals surface area contributed by atoms with Crippen LogP contribution in [-0.2, 0) is 24.2 Å². The number of nitrogens with one attached hydrogen (secondary N) is 1. The van der Waals surface area contributed by atoms with Crippen LogP contribution in [0.4, 0.5) is 0 Å². The molecule has 0 saturated carbocycles. The van der Waals surface area contributed by atoms with Gasteiger partial charge in [-0.25, -0.2) is 4.98 Å². The number of benzene rings is 1. The van der Waals surface area contributed by atoms with E-state index in [2.05, 4.69) is 10.3 Å². The van der Waals surface area contributed by atoms with Gasteiger partial charge in [0, 0.05) is 17.8 Å². The van der Waals surface area contributed by atoms with E-state index in [9.17, 15) is 9.59 Å². The van der Waals surface area contributed by atoms with Crippen LogP contribution in [0.3, 0.4) is 0 Å². The van der Waals surface area contributed by atoms with Gasteiger partial charge in [0.15, 0.2) is 0 Å². The van der Waals surface area contributed by atoms with E-state index < -0.39 is 0 Å². The summed E-state index contributed by atoms with van der Waals surface area (Å²) in [6, 6.07) is 9.48. The fourth-order valence-electron chi connectivity index (χ4n) is 3.53. The van der Waals surface area contributed by atoms with Gasteiger partial charge in [-0.15, -0.1) is 11.3 Å². The average Bonchev–Trinajstić information content (AvgIpc) is 3.11. The van der Waals surface area contributed by atoms with Gasteiger partial charge in [0.25, 0.3) is 5.56 Å². The highest BCUT2D eigenvalue weighted by atomic mass is 32.1. The van der Waals surface area contributed by atoms with Crippen molar-refractivity contribution in [1.29, 1.82) is 0 Å². The third-order valence-corrected chi connectivity index (χ3v) is 6.16. The number of ether oxygens (including phenoxy) is 1. The van der Waals surface area contributed by atoms with Crippen molar-refractivity contribution >= 4 is 27.5 Å². The first kappa shape index (κ1) is 18.7. The lowest BCUT2D eigenvalue weighted by Gasteiger charge is -2.11. The van der Waals surface area contributed by atoms with E-state index in [0.717, 1.165) is 35.2 Å². The molecule has 1 N–H and O–H groups in total. The molecule has 0 unspecified atom stereocenters. The highest BCUT2D eigenvalue weighted by Gasteiger charge is 2.20. The summed E-state index contributed by atoms with van der Waals surface area (Å²) < 4.78 is 7.11. The lowest BCUT2D eigenvalue weighted by molar-refractivity contribution is -0.121. The predicted octanol–water partition coefficient (Wildman–Crippen LogP) is 2.92. The van der Waals surface area contributed by atoms with Crippen molar-refractivity contribution in [3.8, 4) is 5.75 Å². The first-order valence-corrected chi connectivity index (χ1v) is 10.5. The van der Waals surface area contributed by atoms with Crippen molar-refractivity contribution in [3.05, 3.63) is 57.5 Å². The summed E-state index contributed by atoms with van der Waals surface area (Å²) in [5.74, 6) is 0.678. The number of amides is 1. The second kappa shape index (κ2) is 8.56. The lowest BCUT2D eigenvalue weighted by atomic mass is 9.97. The molecule has 0 atom stereocenters. The van der Waals surface area contributed by atoms with Crippen molar-refractivity contribution in [2.75, 3.05) is 13.2 Å². The Morgan fingerprint density at radius 1 is 1.21 bits per heavy atom. The first-order chi connectivity index (χ1) is 13.7. The van der Waals surface area contributed by atoms with Gasteiger partial charge in [0.05, 0.1) is 18.3 Å². The molecule has 4 rings (SSSR count). The van der Waals surface area contributed by atoms with Gasteiger partial charge in [-0.3, -0.25) is 14.2 Å². The molecule has 3 aromatic rings. The van der Waals surface area contributed by atoms with Crippen LogP contribution >= 0.6 is 11.3 Å². The summed E-state index contributed by atoms with van der Waals surface area (Å²) in [5.41, 5.74) is 1.16. The molecule has 0 bridgehead atoms. The Morgan fingerprint density at radius 3 is 2.89 bits per heavy atom. The Morgan fingerprint density at radius 2 is 2.04 bits per heavy atom. The number of rotatable bonds is 7. The van der Waals surface area contributed by atoms with E-state index in [1.807, 2.05) is 30.3 Å². The monoisotopic (exact) mass is 397 g/mol. The molecule has 0 aliphatic heterocycles. The van der Waals surface area contributed by atoms with Crippen molar-refractivity contribution in [2.45, 2.75) is 38.6 Å². The quantitative estimate of drug-likeness (QED) is 0.622. The first-order valence-electron chi connectivity index (χ1n) is 9.66. The molecule has 0 saturated heterocycles. The van der Waals surface area contributed by atoms with Crippen LogP contribution in [0.5, 0.6) is 5.75 Å². The van der Waals surface area contributed by atoms with Crippen molar-refractivity contribution in [3.63, 3.8) is 0 Å². The average molecular weight is 398 g/mol. The van der Waals surface area contributed by atoms with Crippen LogP contribution in [0.25, 0.3) is 10.2 Å². The minimum atomic E-state index is -0.101. The molecule has 0 spiro atoms. The number of hydrogen-bond acceptors (Lipinski definition) is 5. The Balaban J connectivity index is 1.32. The minimum Gasteiger partial charge on any atom is -0.492 e. The van der Waals surface area contributed by atoms with Crippen LogP contribution in [0.15, 0.2) is 41.5 Å². The zero-order valence-corrected chi connectivity index (χ0v) is 16.5. The number of fused-ring (bicyclic) bond motifs is 3. The molecule has 7 heteroatoms. The zero-order valence-electron chi connectivity index (χ0n) is 15.6. The van der Waals surface area contributed by atoms with Crippen molar-refractivity contribution in [1.82, 2.24) is 14.9 Å². The standard InChI is InChI=1S/C21H23N3O3S/c25-18(22-11-13-27-15-6-2-1-3-7-15)10-12-24-14-23-20-19(21(24)26)16-8-4-5-9-17(16)28-20/h1-3,6-7,14H,4-5,8-13H2,(H,22,25). The maximum atomic E-state index is 12.9. The smallest absolute Gasteiger partial charge is 0.262 e. The number of carbonyl (C=O) groups excluding carboxylic acids is 1. The van der Waals surface area contributed by atoms with Crippen LogP contribution in [-0.4, -0.2) is 28.6 Å². The van der Waals surface area contributed by atoms with Gasteiger partial charge < -0.3 is 10.1 Å².